The first-order chi connectivity index (χ1) is 10.1. The molecule has 1 aliphatic rings. The van der Waals surface area contributed by atoms with Gasteiger partial charge in [0.1, 0.15) is 0 Å². The van der Waals surface area contributed by atoms with Crippen molar-refractivity contribution in [1.82, 2.24) is 0 Å². The summed E-state index contributed by atoms with van der Waals surface area (Å²) in [4.78, 5) is 3.99. The Labute approximate surface area is 135 Å². The number of rotatable bonds is 3. The molecule has 112 valence electrons. The molecule has 2 nitrogen and oxygen atoms in total. The van der Waals surface area contributed by atoms with E-state index in [2.05, 4.69) is 29.3 Å². The predicted molar refractivity (Wildman–Crippen MR) is 92.6 cm³/mol. The van der Waals surface area contributed by atoms with Crippen LogP contribution in [0.3, 0.4) is 0 Å². The normalized spacial score (nSPS) is 19.4. The number of benzene rings is 1. The Morgan fingerprint density at radius 1 is 1.43 bits per heavy atom. The smallest absolute Gasteiger partial charge is 0.0525 e. The van der Waals surface area contributed by atoms with E-state index in [1.165, 1.54) is 21.7 Å². The maximum absolute atomic E-state index is 6.44. The molecule has 0 aliphatic carbocycles. The standard InChI is InChI=1S/C17H21ClN2S/c1-11(19)10-14-15(18)4-3-5-16(14)20-8-6-17-13(12(20)2)7-9-21-17/h3-5,7,9,11-12H,6,8,10,19H2,1-2H3. The molecule has 0 bridgehead atoms. The Bertz CT molecular complexity index is 635. The fourth-order valence-electron chi connectivity index (χ4n) is 3.18. The van der Waals surface area contributed by atoms with Gasteiger partial charge in [0.05, 0.1) is 6.04 Å². The van der Waals surface area contributed by atoms with Crippen LogP contribution in [-0.2, 0) is 12.8 Å². The molecule has 0 saturated carbocycles. The van der Waals surface area contributed by atoms with E-state index in [9.17, 15) is 0 Å². The maximum atomic E-state index is 6.44. The van der Waals surface area contributed by atoms with Crippen LogP contribution in [0.4, 0.5) is 5.69 Å². The van der Waals surface area contributed by atoms with Gasteiger partial charge in [0.25, 0.3) is 0 Å². The molecule has 2 N–H and O–H groups in total. The molecule has 0 fully saturated rings. The van der Waals surface area contributed by atoms with Crippen LogP contribution >= 0.6 is 22.9 Å². The molecule has 0 radical (unpaired) electrons. The maximum Gasteiger partial charge on any atom is 0.0525 e. The minimum Gasteiger partial charge on any atom is -0.364 e. The van der Waals surface area contributed by atoms with Crippen LogP contribution in [0.15, 0.2) is 29.6 Å². The van der Waals surface area contributed by atoms with E-state index in [-0.39, 0.29) is 6.04 Å². The van der Waals surface area contributed by atoms with Gasteiger partial charge in [-0.25, -0.2) is 0 Å². The molecule has 3 rings (SSSR count). The molecule has 21 heavy (non-hydrogen) atoms. The number of hydrogen-bond acceptors (Lipinski definition) is 3. The van der Waals surface area contributed by atoms with Crippen LogP contribution in [0.5, 0.6) is 0 Å². The Morgan fingerprint density at radius 3 is 3.00 bits per heavy atom. The van der Waals surface area contributed by atoms with Crippen molar-refractivity contribution < 1.29 is 0 Å². The first kappa shape index (κ1) is 14.9. The Morgan fingerprint density at radius 2 is 2.24 bits per heavy atom. The molecule has 2 heterocycles. The van der Waals surface area contributed by atoms with Crippen LogP contribution in [-0.4, -0.2) is 12.6 Å². The van der Waals surface area contributed by atoms with Crippen molar-refractivity contribution in [2.75, 3.05) is 11.4 Å². The quantitative estimate of drug-likeness (QED) is 0.907. The van der Waals surface area contributed by atoms with Gasteiger partial charge in [-0.1, -0.05) is 17.7 Å². The molecule has 1 aromatic heterocycles. The lowest BCUT2D eigenvalue weighted by Crippen LogP contribution is -2.34. The van der Waals surface area contributed by atoms with Gasteiger partial charge in [0.15, 0.2) is 0 Å². The first-order valence-electron chi connectivity index (χ1n) is 7.43. The summed E-state index contributed by atoms with van der Waals surface area (Å²) in [6.07, 6.45) is 1.93. The van der Waals surface area contributed by atoms with E-state index in [0.29, 0.717) is 6.04 Å². The fourth-order valence-corrected chi connectivity index (χ4v) is 4.39. The van der Waals surface area contributed by atoms with Crippen molar-refractivity contribution in [3.8, 4) is 0 Å². The number of halogens is 1. The van der Waals surface area contributed by atoms with Gasteiger partial charge in [-0.05, 0) is 61.4 Å². The zero-order chi connectivity index (χ0) is 15.0. The first-order valence-corrected chi connectivity index (χ1v) is 8.69. The highest BCUT2D eigenvalue weighted by Gasteiger charge is 2.27. The fraction of sp³-hybridized carbons (Fsp3) is 0.412. The SMILES string of the molecule is CC(N)Cc1c(Cl)cccc1N1CCc2sccc2C1C. The number of hydrogen-bond donors (Lipinski definition) is 1. The molecule has 0 amide bonds. The van der Waals surface area contributed by atoms with Crippen LogP contribution in [0.25, 0.3) is 0 Å². The summed E-state index contributed by atoms with van der Waals surface area (Å²) < 4.78 is 0. The Balaban J connectivity index is 1.99. The average molecular weight is 321 g/mol. The molecule has 0 spiro atoms. The molecular formula is C17H21ClN2S. The molecule has 1 aliphatic heterocycles. The summed E-state index contributed by atoms with van der Waals surface area (Å²) in [6, 6.07) is 8.95. The summed E-state index contributed by atoms with van der Waals surface area (Å²) in [5.41, 5.74) is 9.89. The third-order valence-electron chi connectivity index (χ3n) is 4.21. The van der Waals surface area contributed by atoms with Crippen LogP contribution in [0.1, 0.15) is 35.9 Å². The van der Waals surface area contributed by atoms with Crippen molar-refractivity contribution in [2.45, 2.75) is 38.8 Å². The number of fused-ring (bicyclic) bond motifs is 1. The van der Waals surface area contributed by atoms with Gasteiger partial charge in [-0.2, -0.15) is 0 Å². The van der Waals surface area contributed by atoms with Gasteiger partial charge < -0.3 is 10.6 Å². The van der Waals surface area contributed by atoms with Crippen molar-refractivity contribution >= 4 is 28.6 Å². The molecule has 1 aromatic carbocycles. The van der Waals surface area contributed by atoms with Crippen molar-refractivity contribution in [2.24, 2.45) is 5.73 Å². The van der Waals surface area contributed by atoms with E-state index >= 15 is 0 Å². The summed E-state index contributed by atoms with van der Waals surface area (Å²) in [7, 11) is 0. The number of anilines is 1. The number of nitrogens with two attached hydrogens (primary N) is 1. The second-order valence-corrected chi connectivity index (χ2v) is 7.25. The van der Waals surface area contributed by atoms with E-state index < -0.39 is 0 Å². The Kier molecular flexibility index (Phi) is 4.25. The highest BCUT2D eigenvalue weighted by Crippen LogP contribution is 2.39. The van der Waals surface area contributed by atoms with Crippen molar-refractivity contribution in [3.63, 3.8) is 0 Å². The van der Waals surface area contributed by atoms with E-state index in [4.69, 9.17) is 17.3 Å². The highest BCUT2D eigenvalue weighted by atomic mass is 35.5. The predicted octanol–water partition coefficient (Wildman–Crippen LogP) is 4.41. The Hall–Kier alpha value is -1.03. The lowest BCUT2D eigenvalue weighted by molar-refractivity contribution is 0.626. The third kappa shape index (κ3) is 2.83. The molecule has 0 saturated heterocycles. The highest BCUT2D eigenvalue weighted by molar-refractivity contribution is 7.10. The second kappa shape index (κ2) is 5.99. The van der Waals surface area contributed by atoms with Crippen molar-refractivity contribution in [3.05, 3.63) is 50.7 Å². The minimum atomic E-state index is 0.112. The minimum absolute atomic E-state index is 0.112. The second-order valence-electron chi connectivity index (χ2n) is 5.84. The van der Waals surface area contributed by atoms with Crippen LogP contribution < -0.4 is 10.6 Å². The largest absolute Gasteiger partial charge is 0.364 e. The van der Waals surface area contributed by atoms with Crippen molar-refractivity contribution in [1.29, 1.82) is 0 Å². The van der Waals surface area contributed by atoms with Crippen LogP contribution in [0, 0.1) is 0 Å². The summed E-state index contributed by atoms with van der Waals surface area (Å²) in [5.74, 6) is 0. The summed E-state index contributed by atoms with van der Waals surface area (Å²) in [5, 5.41) is 3.03. The monoisotopic (exact) mass is 320 g/mol. The summed E-state index contributed by atoms with van der Waals surface area (Å²) in [6.45, 7) is 5.35. The van der Waals surface area contributed by atoms with E-state index in [0.717, 1.165) is 24.4 Å². The zero-order valence-electron chi connectivity index (χ0n) is 12.5. The molecular weight excluding hydrogens is 300 g/mol. The van der Waals surface area contributed by atoms with E-state index in [1.807, 2.05) is 30.4 Å². The molecule has 2 aromatic rings. The van der Waals surface area contributed by atoms with Gasteiger partial charge in [0, 0.05) is 28.2 Å². The molecule has 2 unspecified atom stereocenters. The summed E-state index contributed by atoms with van der Waals surface area (Å²) >= 11 is 8.31. The molecule has 4 heteroatoms. The zero-order valence-corrected chi connectivity index (χ0v) is 14.0. The number of nitrogens with zero attached hydrogens (tertiary/aromatic N) is 1. The van der Waals surface area contributed by atoms with Gasteiger partial charge in [0.2, 0.25) is 0 Å². The topological polar surface area (TPSA) is 29.3 Å². The lowest BCUT2D eigenvalue weighted by atomic mass is 9.97. The average Bonchev–Trinajstić information content (AvgIpc) is 2.91. The number of thiophene rings is 1. The van der Waals surface area contributed by atoms with Gasteiger partial charge in [-0.15, -0.1) is 11.3 Å². The third-order valence-corrected chi connectivity index (χ3v) is 5.56. The lowest BCUT2D eigenvalue weighted by Gasteiger charge is -2.37. The van der Waals surface area contributed by atoms with Gasteiger partial charge in [-0.3, -0.25) is 0 Å². The van der Waals surface area contributed by atoms with Gasteiger partial charge >= 0.3 is 0 Å². The van der Waals surface area contributed by atoms with Crippen LogP contribution in [0.2, 0.25) is 5.02 Å². The molecule has 2 atom stereocenters. The van der Waals surface area contributed by atoms with E-state index in [1.54, 1.807) is 0 Å².